The summed E-state index contributed by atoms with van der Waals surface area (Å²) in [5.74, 6) is 1.07. The number of hydrogen-bond donors (Lipinski definition) is 1. The van der Waals surface area contributed by atoms with Crippen molar-refractivity contribution in [1.29, 1.82) is 0 Å². The van der Waals surface area contributed by atoms with Crippen molar-refractivity contribution in [2.45, 2.75) is 51.9 Å². The molecule has 0 atom stereocenters. The second-order valence-corrected chi connectivity index (χ2v) is 5.35. The topological polar surface area (TPSA) is 28.7 Å². The van der Waals surface area contributed by atoms with E-state index in [9.17, 15) is 0 Å². The fraction of sp³-hybridized carbons (Fsp3) is 0.727. The van der Waals surface area contributed by atoms with Crippen LogP contribution in [0.1, 0.15) is 51.3 Å². The highest BCUT2D eigenvalue weighted by Crippen LogP contribution is 2.20. The monoisotopic (exact) mass is 336 g/mol. The third kappa shape index (κ3) is 5.16. The van der Waals surface area contributed by atoms with E-state index in [0.717, 1.165) is 21.5 Å². The van der Waals surface area contributed by atoms with Gasteiger partial charge in [0.25, 0.3) is 0 Å². The summed E-state index contributed by atoms with van der Waals surface area (Å²) in [6, 6.07) is 0. The first kappa shape index (κ1) is 13.2. The van der Waals surface area contributed by atoms with Gasteiger partial charge in [0.15, 0.2) is 0 Å². The number of unbranched alkanes of at least 4 members (excludes halogenated alkanes) is 5. The molecule has 0 fully saturated rings. The van der Waals surface area contributed by atoms with Crippen molar-refractivity contribution in [3.8, 4) is 0 Å². The Morgan fingerprint density at radius 2 is 1.73 bits per heavy atom. The number of halogens is 2. The van der Waals surface area contributed by atoms with Crippen LogP contribution in [0, 0.1) is 0 Å². The van der Waals surface area contributed by atoms with E-state index in [2.05, 4.69) is 48.8 Å². The summed E-state index contributed by atoms with van der Waals surface area (Å²) in [5.41, 5.74) is 0. The number of aromatic nitrogens is 2. The summed E-state index contributed by atoms with van der Waals surface area (Å²) < 4.78 is 1.83. The van der Waals surface area contributed by atoms with Gasteiger partial charge in [-0.3, -0.25) is 0 Å². The Bertz CT molecular complexity index is 265. The summed E-state index contributed by atoms with van der Waals surface area (Å²) >= 11 is 6.76. The molecule has 2 nitrogen and oxygen atoms in total. The van der Waals surface area contributed by atoms with Crippen LogP contribution in [-0.2, 0) is 6.42 Å². The SMILES string of the molecule is CCCCCCCCc1nc(Br)c(Br)[nH]1. The van der Waals surface area contributed by atoms with Crippen molar-refractivity contribution in [1.82, 2.24) is 9.97 Å². The van der Waals surface area contributed by atoms with Crippen LogP contribution in [0.15, 0.2) is 9.21 Å². The Balaban J connectivity index is 2.10. The second kappa shape index (κ2) is 7.44. The molecule has 0 spiro atoms. The smallest absolute Gasteiger partial charge is 0.138 e. The van der Waals surface area contributed by atoms with E-state index < -0.39 is 0 Å². The Labute approximate surface area is 109 Å². The first-order valence-electron chi connectivity index (χ1n) is 5.64. The lowest BCUT2D eigenvalue weighted by molar-refractivity contribution is 0.602. The Morgan fingerprint density at radius 1 is 1.07 bits per heavy atom. The first-order chi connectivity index (χ1) is 7.24. The molecule has 0 saturated heterocycles. The molecule has 1 rings (SSSR count). The zero-order chi connectivity index (χ0) is 11.1. The van der Waals surface area contributed by atoms with E-state index in [4.69, 9.17) is 0 Å². The summed E-state index contributed by atoms with van der Waals surface area (Å²) in [4.78, 5) is 7.56. The second-order valence-electron chi connectivity index (χ2n) is 3.81. The van der Waals surface area contributed by atoms with Crippen LogP contribution in [0.4, 0.5) is 0 Å². The molecule has 0 aliphatic carbocycles. The number of imidazole rings is 1. The molecule has 0 bridgehead atoms. The molecule has 0 aliphatic rings. The van der Waals surface area contributed by atoms with Gasteiger partial charge in [0, 0.05) is 6.42 Å². The number of hydrogen-bond acceptors (Lipinski definition) is 1. The highest BCUT2D eigenvalue weighted by atomic mass is 79.9. The third-order valence-electron chi connectivity index (χ3n) is 2.44. The maximum atomic E-state index is 4.36. The average molecular weight is 338 g/mol. The largest absolute Gasteiger partial charge is 0.336 e. The molecule has 0 saturated carbocycles. The lowest BCUT2D eigenvalue weighted by atomic mass is 10.1. The molecule has 15 heavy (non-hydrogen) atoms. The van der Waals surface area contributed by atoms with Crippen molar-refractivity contribution in [3.63, 3.8) is 0 Å². The van der Waals surface area contributed by atoms with Crippen LogP contribution in [-0.4, -0.2) is 9.97 Å². The molecular weight excluding hydrogens is 320 g/mol. The van der Waals surface area contributed by atoms with Crippen LogP contribution in [0.5, 0.6) is 0 Å². The molecule has 1 aromatic heterocycles. The first-order valence-corrected chi connectivity index (χ1v) is 7.22. The fourth-order valence-corrected chi connectivity index (χ4v) is 2.20. The molecule has 4 heteroatoms. The van der Waals surface area contributed by atoms with E-state index in [1.807, 2.05) is 0 Å². The highest BCUT2D eigenvalue weighted by Gasteiger charge is 2.03. The van der Waals surface area contributed by atoms with Crippen LogP contribution in [0.2, 0.25) is 0 Å². The van der Waals surface area contributed by atoms with Gasteiger partial charge >= 0.3 is 0 Å². The zero-order valence-corrected chi connectivity index (χ0v) is 12.3. The molecule has 0 aliphatic heterocycles. The summed E-state index contributed by atoms with van der Waals surface area (Å²) in [7, 11) is 0. The van der Waals surface area contributed by atoms with E-state index in [1.165, 1.54) is 38.5 Å². The van der Waals surface area contributed by atoms with Gasteiger partial charge < -0.3 is 4.98 Å². The van der Waals surface area contributed by atoms with E-state index >= 15 is 0 Å². The van der Waals surface area contributed by atoms with Crippen LogP contribution in [0.3, 0.4) is 0 Å². The summed E-state index contributed by atoms with van der Waals surface area (Å²) in [6.45, 7) is 2.25. The van der Waals surface area contributed by atoms with Gasteiger partial charge in [-0.05, 0) is 38.3 Å². The van der Waals surface area contributed by atoms with Crippen LogP contribution in [0.25, 0.3) is 0 Å². The molecule has 0 aromatic carbocycles. The van der Waals surface area contributed by atoms with Gasteiger partial charge in [-0.15, -0.1) is 0 Å². The van der Waals surface area contributed by atoms with Gasteiger partial charge in [0.05, 0.1) is 0 Å². The molecule has 1 aromatic rings. The van der Waals surface area contributed by atoms with Gasteiger partial charge in [0.2, 0.25) is 0 Å². The molecule has 0 unspecified atom stereocenters. The van der Waals surface area contributed by atoms with Crippen molar-refractivity contribution < 1.29 is 0 Å². The van der Waals surface area contributed by atoms with Crippen molar-refractivity contribution in [2.75, 3.05) is 0 Å². The molecule has 1 heterocycles. The summed E-state index contributed by atoms with van der Waals surface area (Å²) in [6.07, 6.45) is 9.03. The third-order valence-corrected chi connectivity index (χ3v) is 4.12. The number of rotatable bonds is 7. The highest BCUT2D eigenvalue weighted by molar-refractivity contribution is 9.13. The maximum Gasteiger partial charge on any atom is 0.138 e. The predicted molar refractivity (Wildman–Crippen MR) is 71.1 cm³/mol. The average Bonchev–Trinajstić information content (AvgIpc) is 2.52. The van der Waals surface area contributed by atoms with Crippen LogP contribution < -0.4 is 0 Å². The Kier molecular flexibility index (Phi) is 6.57. The normalized spacial score (nSPS) is 10.9. The predicted octanol–water partition coefficient (Wildman–Crippen LogP) is 4.84. The molecule has 1 N–H and O–H groups in total. The zero-order valence-electron chi connectivity index (χ0n) is 9.15. The standard InChI is InChI=1S/C11H18Br2N2/c1-2-3-4-5-6-7-8-9-14-10(12)11(13)15-9/h2-8H2,1H3,(H,14,15). The molecule has 86 valence electrons. The maximum absolute atomic E-state index is 4.36. The van der Waals surface area contributed by atoms with E-state index in [1.54, 1.807) is 0 Å². The van der Waals surface area contributed by atoms with Gasteiger partial charge in [-0.2, -0.15) is 0 Å². The van der Waals surface area contributed by atoms with E-state index in [0.29, 0.717) is 0 Å². The number of aromatic amines is 1. The Hall–Kier alpha value is 0.170. The lowest BCUT2D eigenvalue weighted by Crippen LogP contribution is -1.88. The van der Waals surface area contributed by atoms with Crippen molar-refractivity contribution in [2.24, 2.45) is 0 Å². The molecular formula is C11H18Br2N2. The van der Waals surface area contributed by atoms with Crippen LogP contribution >= 0.6 is 31.9 Å². The van der Waals surface area contributed by atoms with Gasteiger partial charge in [-0.1, -0.05) is 39.0 Å². The van der Waals surface area contributed by atoms with Crippen molar-refractivity contribution in [3.05, 3.63) is 15.0 Å². The number of nitrogens with zero attached hydrogens (tertiary/aromatic N) is 1. The van der Waals surface area contributed by atoms with E-state index in [-0.39, 0.29) is 0 Å². The Morgan fingerprint density at radius 3 is 2.33 bits per heavy atom. The molecule has 0 radical (unpaired) electrons. The van der Waals surface area contributed by atoms with Gasteiger partial charge in [0.1, 0.15) is 15.0 Å². The lowest BCUT2D eigenvalue weighted by Gasteiger charge is -1.98. The fourth-order valence-electron chi connectivity index (χ4n) is 1.56. The summed E-state index contributed by atoms with van der Waals surface area (Å²) in [5, 5.41) is 0. The minimum Gasteiger partial charge on any atom is -0.336 e. The number of H-pyrrole nitrogens is 1. The molecule has 0 amide bonds. The minimum atomic E-state index is 0.878. The van der Waals surface area contributed by atoms with Gasteiger partial charge in [-0.25, -0.2) is 4.98 Å². The number of aryl methyl sites for hydroxylation is 1. The van der Waals surface area contributed by atoms with Crippen molar-refractivity contribution >= 4 is 31.9 Å². The minimum absolute atomic E-state index is 0.878. The quantitative estimate of drug-likeness (QED) is 0.709. The number of nitrogens with one attached hydrogen (secondary N) is 1.